The number of nitrogens with zero attached hydrogens (tertiary/aromatic N) is 3. The Balaban J connectivity index is 2.36. The molecule has 1 aromatic carbocycles. The predicted octanol–water partition coefficient (Wildman–Crippen LogP) is 2.03. The number of benzene rings is 1. The number of pyridine rings is 1. The first-order chi connectivity index (χ1) is 9.97. The van der Waals surface area contributed by atoms with Gasteiger partial charge in [0.2, 0.25) is 5.95 Å². The van der Waals surface area contributed by atoms with E-state index in [2.05, 4.69) is 9.97 Å². The van der Waals surface area contributed by atoms with Crippen molar-refractivity contribution < 1.29 is 4.39 Å². The Bertz CT molecular complexity index is 917. The highest BCUT2D eigenvalue weighted by molar-refractivity contribution is 5.82. The molecule has 3 aromatic rings. The van der Waals surface area contributed by atoms with Gasteiger partial charge in [-0.2, -0.15) is 4.98 Å². The van der Waals surface area contributed by atoms with E-state index in [9.17, 15) is 9.18 Å². The lowest BCUT2D eigenvalue weighted by Crippen LogP contribution is -2.20. The van der Waals surface area contributed by atoms with Crippen LogP contribution in [-0.4, -0.2) is 14.5 Å². The number of halogens is 1. The van der Waals surface area contributed by atoms with E-state index in [-0.39, 0.29) is 17.3 Å². The first-order valence-corrected chi connectivity index (χ1v) is 6.36. The quantitative estimate of drug-likeness (QED) is 0.742. The van der Waals surface area contributed by atoms with Crippen molar-refractivity contribution in [3.63, 3.8) is 0 Å². The number of anilines is 1. The van der Waals surface area contributed by atoms with Crippen LogP contribution in [0.4, 0.5) is 10.3 Å². The van der Waals surface area contributed by atoms with Crippen LogP contribution in [0.2, 0.25) is 0 Å². The van der Waals surface area contributed by atoms with Gasteiger partial charge in [-0.05, 0) is 36.2 Å². The minimum atomic E-state index is -0.329. The lowest BCUT2D eigenvalue weighted by Gasteiger charge is -2.10. The number of rotatable bonds is 1. The summed E-state index contributed by atoms with van der Waals surface area (Å²) in [5.41, 5.74) is 7.68. The molecular weight excluding hydrogens is 271 g/mol. The molecule has 6 heteroatoms. The molecule has 0 bridgehead atoms. The number of fused-ring (bicyclic) bond motifs is 1. The second-order valence-electron chi connectivity index (χ2n) is 4.89. The lowest BCUT2D eigenvalue weighted by molar-refractivity contribution is 0.627. The number of nitrogen functional groups attached to an aromatic ring is 1. The van der Waals surface area contributed by atoms with Crippen molar-refractivity contribution >= 4 is 17.0 Å². The summed E-state index contributed by atoms with van der Waals surface area (Å²) >= 11 is 0. The minimum Gasteiger partial charge on any atom is -0.368 e. The maximum atomic E-state index is 13.2. The molecule has 0 amide bonds. The number of hydrogen-bond donors (Lipinski definition) is 1. The van der Waals surface area contributed by atoms with Crippen LogP contribution in [0.15, 0.2) is 35.3 Å². The standard InChI is InChI=1S/C15H13FN4O/c1-8-5-10(16)3-4-11(8)12-6-9-7-18-15(17)19-13(9)20(2)14(12)21/h3-7H,1-2H3,(H2,17,18,19). The van der Waals surface area contributed by atoms with Crippen LogP contribution < -0.4 is 11.3 Å². The number of hydrogen-bond acceptors (Lipinski definition) is 4. The third-order valence-corrected chi connectivity index (χ3v) is 3.45. The third kappa shape index (κ3) is 2.14. The molecule has 21 heavy (non-hydrogen) atoms. The van der Waals surface area contributed by atoms with Crippen molar-refractivity contribution in [1.29, 1.82) is 0 Å². The smallest absolute Gasteiger partial charge is 0.259 e. The van der Waals surface area contributed by atoms with Gasteiger partial charge in [-0.15, -0.1) is 0 Å². The summed E-state index contributed by atoms with van der Waals surface area (Å²) in [5.74, 6) is -0.215. The van der Waals surface area contributed by atoms with Gasteiger partial charge in [-0.1, -0.05) is 6.07 Å². The summed E-state index contributed by atoms with van der Waals surface area (Å²) in [6.45, 7) is 1.77. The Morgan fingerprint density at radius 3 is 2.71 bits per heavy atom. The zero-order chi connectivity index (χ0) is 15.1. The Labute approximate surface area is 119 Å². The van der Waals surface area contributed by atoms with Gasteiger partial charge in [-0.3, -0.25) is 9.36 Å². The van der Waals surface area contributed by atoms with Crippen molar-refractivity contribution in [2.45, 2.75) is 6.92 Å². The van der Waals surface area contributed by atoms with Crippen LogP contribution in [0, 0.1) is 12.7 Å². The minimum absolute atomic E-state index is 0.114. The first-order valence-electron chi connectivity index (χ1n) is 6.36. The van der Waals surface area contributed by atoms with E-state index < -0.39 is 0 Å². The maximum Gasteiger partial charge on any atom is 0.259 e. The normalized spacial score (nSPS) is 11.0. The molecular formula is C15H13FN4O. The van der Waals surface area contributed by atoms with Crippen LogP contribution in [0.25, 0.3) is 22.2 Å². The molecule has 0 unspecified atom stereocenters. The van der Waals surface area contributed by atoms with Crippen LogP contribution in [-0.2, 0) is 7.05 Å². The molecule has 0 fully saturated rings. The molecule has 2 aromatic heterocycles. The second kappa shape index (κ2) is 4.66. The van der Waals surface area contributed by atoms with E-state index in [1.54, 1.807) is 32.3 Å². The van der Waals surface area contributed by atoms with Gasteiger partial charge in [0.05, 0.1) is 0 Å². The highest BCUT2D eigenvalue weighted by Gasteiger charge is 2.12. The van der Waals surface area contributed by atoms with Crippen LogP contribution in [0.3, 0.4) is 0 Å². The van der Waals surface area contributed by atoms with Crippen molar-refractivity contribution in [3.05, 3.63) is 52.2 Å². The monoisotopic (exact) mass is 284 g/mol. The molecule has 2 heterocycles. The SMILES string of the molecule is Cc1cc(F)ccc1-c1cc2cnc(N)nc2n(C)c1=O. The fourth-order valence-corrected chi connectivity index (χ4v) is 2.38. The molecule has 0 saturated heterocycles. The molecule has 0 saturated carbocycles. The first kappa shape index (κ1) is 13.2. The predicted molar refractivity (Wildman–Crippen MR) is 79.3 cm³/mol. The largest absolute Gasteiger partial charge is 0.368 e. The summed E-state index contributed by atoms with van der Waals surface area (Å²) in [6.07, 6.45) is 1.57. The molecule has 0 spiro atoms. The van der Waals surface area contributed by atoms with E-state index >= 15 is 0 Å². The molecule has 2 N–H and O–H groups in total. The van der Waals surface area contributed by atoms with Gasteiger partial charge >= 0.3 is 0 Å². The molecule has 3 rings (SSSR count). The van der Waals surface area contributed by atoms with Crippen molar-refractivity contribution in [1.82, 2.24) is 14.5 Å². The van der Waals surface area contributed by atoms with Crippen LogP contribution in [0.5, 0.6) is 0 Å². The second-order valence-corrected chi connectivity index (χ2v) is 4.89. The molecule has 5 nitrogen and oxygen atoms in total. The summed E-state index contributed by atoms with van der Waals surface area (Å²) < 4.78 is 14.6. The van der Waals surface area contributed by atoms with Crippen molar-refractivity contribution in [2.75, 3.05) is 5.73 Å². The Hall–Kier alpha value is -2.76. The van der Waals surface area contributed by atoms with E-state index in [4.69, 9.17) is 5.73 Å². The van der Waals surface area contributed by atoms with Gasteiger partial charge in [-0.25, -0.2) is 9.37 Å². The highest BCUT2D eigenvalue weighted by Crippen LogP contribution is 2.23. The molecule has 0 aliphatic rings. The molecule has 0 atom stereocenters. The summed E-state index contributed by atoms with van der Waals surface area (Å²) in [6, 6.07) is 6.05. The molecule has 106 valence electrons. The van der Waals surface area contributed by atoms with Crippen molar-refractivity contribution in [2.24, 2.45) is 7.05 Å². The summed E-state index contributed by atoms with van der Waals surface area (Å²) in [7, 11) is 1.62. The molecule has 0 radical (unpaired) electrons. The topological polar surface area (TPSA) is 73.8 Å². The Morgan fingerprint density at radius 2 is 2.00 bits per heavy atom. The summed E-state index contributed by atoms with van der Waals surface area (Å²) in [4.78, 5) is 20.5. The zero-order valence-electron chi connectivity index (χ0n) is 11.6. The lowest BCUT2D eigenvalue weighted by atomic mass is 10.0. The highest BCUT2D eigenvalue weighted by atomic mass is 19.1. The van der Waals surface area contributed by atoms with Crippen molar-refractivity contribution in [3.8, 4) is 11.1 Å². The average molecular weight is 284 g/mol. The third-order valence-electron chi connectivity index (χ3n) is 3.45. The Kier molecular flexibility index (Phi) is 2.94. The van der Waals surface area contributed by atoms with E-state index in [1.807, 2.05) is 0 Å². The average Bonchev–Trinajstić information content (AvgIpc) is 2.44. The van der Waals surface area contributed by atoms with Gasteiger partial charge in [0.1, 0.15) is 11.5 Å². The summed E-state index contributed by atoms with van der Waals surface area (Å²) in [5, 5.41) is 0.699. The number of nitrogens with two attached hydrogens (primary N) is 1. The molecule has 0 aliphatic heterocycles. The number of aromatic nitrogens is 3. The fraction of sp³-hybridized carbons (Fsp3) is 0.133. The van der Waals surface area contributed by atoms with Gasteiger partial charge < -0.3 is 5.73 Å². The van der Waals surface area contributed by atoms with Crippen LogP contribution >= 0.6 is 0 Å². The van der Waals surface area contributed by atoms with Gasteiger partial charge in [0, 0.05) is 24.2 Å². The van der Waals surface area contributed by atoms with Gasteiger partial charge in [0.15, 0.2) is 0 Å². The van der Waals surface area contributed by atoms with E-state index in [0.717, 1.165) is 0 Å². The Morgan fingerprint density at radius 1 is 1.24 bits per heavy atom. The van der Waals surface area contributed by atoms with E-state index in [0.29, 0.717) is 27.7 Å². The van der Waals surface area contributed by atoms with Gasteiger partial charge in [0.25, 0.3) is 5.56 Å². The zero-order valence-corrected chi connectivity index (χ0v) is 11.6. The van der Waals surface area contributed by atoms with Crippen LogP contribution in [0.1, 0.15) is 5.56 Å². The maximum absolute atomic E-state index is 13.2. The fourth-order valence-electron chi connectivity index (χ4n) is 2.38. The molecule has 0 aliphatic carbocycles. The number of aryl methyl sites for hydroxylation is 2. The van der Waals surface area contributed by atoms with E-state index in [1.165, 1.54) is 16.7 Å².